The van der Waals surface area contributed by atoms with Gasteiger partial charge in [0.05, 0.1) is 4.70 Å². The third-order valence-corrected chi connectivity index (χ3v) is 4.42. The monoisotopic (exact) mass is 237 g/mol. The van der Waals surface area contributed by atoms with Crippen LogP contribution in [0.25, 0.3) is 10.1 Å². The number of pyridine rings is 1. The number of fused-ring (bicyclic) bond motifs is 1. The first kappa shape index (κ1) is 10.8. The zero-order chi connectivity index (χ0) is 11.0. The summed E-state index contributed by atoms with van der Waals surface area (Å²) in [4.78, 5) is 0. The molecule has 0 saturated heterocycles. The number of hydrogen-bond acceptors (Lipinski definition) is 2. The Morgan fingerprint density at radius 1 is 1.27 bits per heavy atom. The van der Waals surface area contributed by atoms with Crippen molar-refractivity contribution in [2.24, 2.45) is 5.92 Å². The molecule has 0 fully saturated rings. The molecule has 0 bridgehead atoms. The Bertz CT molecular complexity index is 522. The fourth-order valence-corrected chi connectivity index (χ4v) is 2.93. The largest absolute Gasteiger partial charge is 0.335 e. The van der Waals surface area contributed by atoms with Gasteiger partial charge in [-0.05, 0) is 35.7 Å². The number of hydrogen-bond donors (Lipinski definition) is 0. The van der Waals surface area contributed by atoms with E-state index in [0.717, 1.165) is 4.64 Å². The maximum absolute atomic E-state index is 5.52. The van der Waals surface area contributed by atoms with Crippen LogP contribution in [0.2, 0.25) is 0 Å². The molecular weight excluding hydrogens is 222 g/mol. The highest BCUT2D eigenvalue weighted by Gasteiger charge is 2.10. The fourth-order valence-electron chi connectivity index (χ4n) is 1.61. The molecule has 1 atom stereocenters. The van der Waals surface area contributed by atoms with Gasteiger partial charge in [0.25, 0.3) is 0 Å². The Labute approximate surface area is 99.4 Å². The normalized spacial score (nSPS) is 13.6. The predicted molar refractivity (Wildman–Crippen MR) is 70.2 cm³/mol. The van der Waals surface area contributed by atoms with E-state index in [1.165, 1.54) is 10.1 Å². The highest BCUT2D eigenvalue weighted by Crippen LogP contribution is 2.25. The van der Waals surface area contributed by atoms with Gasteiger partial charge in [-0.1, -0.05) is 26.1 Å². The molecule has 0 aromatic carbocycles. The molecule has 2 aromatic heterocycles. The molecule has 3 heteroatoms. The van der Waals surface area contributed by atoms with Crippen LogP contribution in [-0.4, -0.2) is 4.57 Å². The number of nitrogens with zero attached hydrogens (tertiary/aromatic N) is 1. The SMILES string of the molecule is CC(C)C(C)n1ccc2ccsc2c1=S. The van der Waals surface area contributed by atoms with E-state index in [1.54, 1.807) is 11.3 Å². The molecule has 2 rings (SSSR count). The number of thiophene rings is 1. The van der Waals surface area contributed by atoms with Gasteiger partial charge in [0, 0.05) is 12.2 Å². The first-order valence-electron chi connectivity index (χ1n) is 5.19. The topological polar surface area (TPSA) is 4.93 Å². The van der Waals surface area contributed by atoms with Gasteiger partial charge in [0.1, 0.15) is 4.64 Å². The smallest absolute Gasteiger partial charge is 0.124 e. The van der Waals surface area contributed by atoms with Crippen LogP contribution in [0.4, 0.5) is 0 Å². The van der Waals surface area contributed by atoms with Crippen molar-refractivity contribution in [3.05, 3.63) is 28.4 Å². The van der Waals surface area contributed by atoms with E-state index in [1.807, 2.05) is 0 Å². The van der Waals surface area contributed by atoms with Gasteiger partial charge in [-0.15, -0.1) is 11.3 Å². The zero-order valence-corrected chi connectivity index (χ0v) is 10.9. The average Bonchev–Trinajstić information content (AvgIpc) is 2.66. The first-order chi connectivity index (χ1) is 7.11. The minimum absolute atomic E-state index is 0.462. The van der Waals surface area contributed by atoms with Gasteiger partial charge in [0.15, 0.2) is 0 Å². The molecule has 2 aromatic rings. The van der Waals surface area contributed by atoms with Crippen molar-refractivity contribution in [1.82, 2.24) is 4.57 Å². The molecule has 0 amide bonds. The Kier molecular flexibility index (Phi) is 2.94. The van der Waals surface area contributed by atoms with Crippen LogP contribution in [0.1, 0.15) is 26.8 Å². The second kappa shape index (κ2) is 4.06. The predicted octanol–water partition coefficient (Wildman–Crippen LogP) is 4.65. The molecule has 0 aliphatic rings. The van der Waals surface area contributed by atoms with Crippen LogP contribution < -0.4 is 0 Å². The molecule has 0 aliphatic heterocycles. The number of aromatic nitrogens is 1. The van der Waals surface area contributed by atoms with Crippen molar-refractivity contribution < 1.29 is 0 Å². The zero-order valence-electron chi connectivity index (χ0n) is 9.23. The van der Waals surface area contributed by atoms with Crippen LogP contribution in [-0.2, 0) is 0 Å². The van der Waals surface area contributed by atoms with E-state index in [4.69, 9.17) is 12.2 Å². The summed E-state index contributed by atoms with van der Waals surface area (Å²) in [6.07, 6.45) is 2.11. The fraction of sp³-hybridized carbons (Fsp3) is 0.417. The van der Waals surface area contributed by atoms with Gasteiger partial charge in [-0.3, -0.25) is 0 Å². The van der Waals surface area contributed by atoms with Crippen LogP contribution in [0.5, 0.6) is 0 Å². The van der Waals surface area contributed by atoms with Crippen molar-refractivity contribution in [1.29, 1.82) is 0 Å². The molecule has 0 N–H and O–H groups in total. The quantitative estimate of drug-likeness (QED) is 0.688. The van der Waals surface area contributed by atoms with Crippen molar-refractivity contribution >= 4 is 33.6 Å². The van der Waals surface area contributed by atoms with E-state index in [-0.39, 0.29) is 0 Å². The van der Waals surface area contributed by atoms with E-state index < -0.39 is 0 Å². The van der Waals surface area contributed by atoms with Gasteiger partial charge >= 0.3 is 0 Å². The third-order valence-electron chi connectivity index (χ3n) is 2.94. The van der Waals surface area contributed by atoms with Crippen LogP contribution in [0.3, 0.4) is 0 Å². The van der Waals surface area contributed by atoms with E-state index in [2.05, 4.69) is 49.0 Å². The highest BCUT2D eigenvalue weighted by molar-refractivity contribution is 7.71. The van der Waals surface area contributed by atoms with Gasteiger partial charge in [-0.2, -0.15) is 0 Å². The minimum Gasteiger partial charge on any atom is -0.335 e. The summed E-state index contributed by atoms with van der Waals surface area (Å²) in [6.45, 7) is 6.68. The first-order valence-corrected chi connectivity index (χ1v) is 6.48. The van der Waals surface area contributed by atoms with Crippen molar-refractivity contribution in [3.63, 3.8) is 0 Å². The molecule has 1 nitrogen and oxygen atoms in total. The molecular formula is C12H15NS2. The molecule has 80 valence electrons. The molecule has 1 unspecified atom stereocenters. The van der Waals surface area contributed by atoms with Gasteiger partial charge < -0.3 is 4.57 Å². The van der Waals surface area contributed by atoms with E-state index in [0.29, 0.717) is 12.0 Å². The lowest BCUT2D eigenvalue weighted by atomic mass is 10.1. The van der Waals surface area contributed by atoms with Gasteiger partial charge in [0.2, 0.25) is 0 Å². The van der Waals surface area contributed by atoms with Crippen LogP contribution in [0.15, 0.2) is 23.7 Å². The second-order valence-corrected chi connectivity index (χ2v) is 5.52. The van der Waals surface area contributed by atoms with E-state index in [9.17, 15) is 0 Å². The second-order valence-electron chi connectivity index (χ2n) is 4.22. The number of rotatable bonds is 2. The third kappa shape index (κ3) is 1.86. The van der Waals surface area contributed by atoms with Crippen LogP contribution >= 0.6 is 23.6 Å². The molecule has 0 aliphatic carbocycles. The average molecular weight is 237 g/mol. The minimum atomic E-state index is 0.462. The molecule has 15 heavy (non-hydrogen) atoms. The van der Waals surface area contributed by atoms with Crippen LogP contribution in [0, 0.1) is 10.6 Å². The summed E-state index contributed by atoms with van der Waals surface area (Å²) in [7, 11) is 0. The summed E-state index contributed by atoms with van der Waals surface area (Å²) in [5.41, 5.74) is 0. The Morgan fingerprint density at radius 2 is 2.00 bits per heavy atom. The lowest BCUT2D eigenvalue weighted by molar-refractivity contribution is 0.405. The molecule has 0 saturated carbocycles. The van der Waals surface area contributed by atoms with E-state index >= 15 is 0 Å². The molecule has 2 heterocycles. The molecule has 0 spiro atoms. The lowest BCUT2D eigenvalue weighted by Gasteiger charge is -2.19. The summed E-state index contributed by atoms with van der Waals surface area (Å²) in [6, 6.07) is 4.74. The summed E-state index contributed by atoms with van der Waals surface area (Å²) in [5.74, 6) is 0.606. The lowest BCUT2D eigenvalue weighted by Crippen LogP contribution is -2.12. The van der Waals surface area contributed by atoms with Crippen molar-refractivity contribution in [2.45, 2.75) is 26.8 Å². The Hall–Kier alpha value is -0.670. The van der Waals surface area contributed by atoms with Gasteiger partial charge in [-0.25, -0.2) is 0 Å². The van der Waals surface area contributed by atoms with Crippen molar-refractivity contribution in [3.8, 4) is 0 Å². The maximum atomic E-state index is 5.52. The summed E-state index contributed by atoms with van der Waals surface area (Å²) in [5, 5.41) is 3.36. The van der Waals surface area contributed by atoms with Crippen molar-refractivity contribution in [2.75, 3.05) is 0 Å². The molecule has 0 radical (unpaired) electrons. The maximum Gasteiger partial charge on any atom is 0.124 e. The Morgan fingerprint density at radius 3 is 2.67 bits per heavy atom. The standard InChI is InChI=1S/C12H15NS2/c1-8(2)9(3)13-6-4-10-5-7-15-11(10)12(13)14/h4-9H,1-3H3. The summed E-state index contributed by atoms with van der Waals surface area (Å²) >= 11 is 7.25. The highest BCUT2D eigenvalue weighted by atomic mass is 32.1. The Balaban J connectivity index is 2.62. The summed E-state index contributed by atoms with van der Waals surface area (Å²) < 4.78 is 4.42.